The number of halogens is 1. The first-order valence-electron chi connectivity index (χ1n) is 2.22. The van der Waals surface area contributed by atoms with Crippen molar-refractivity contribution in [2.75, 3.05) is 4.43 Å². The van der Waals surface area contributed by atoms with Crippen LogP contribution in [0.2, 0.25) is 0 Å². The predicted octanol–water partition coefficient (Wildman–Crippen LogP) is 1.08. The lowest BCUT2D eigenvalue weighted by atomic mass is 10.4. The largest absolute Gasteiger partial charge is 0.465 e. The van der Waals surface area contributed by atoms with E-state index in [0.29, 0.717) is 0 Å². The third kappa shape index (κ3) is 4.17. The van der Waals surface area contributed by atoms with Gasteiger partial charge in [-0.15, -0.1) is 0 Å². The normalized spacial score (nSPS) is 12.8. The van der Waals surface area contributed by atoms with Crippen molar-refractivity contribution in [3.05, 3.63) is 0 Å². The van der Waals surface area contributed by atoms with Gasteiger partial charge < -0.3 is 10.4 Å². The van der Waals surface area contributed by atoms with Crippen LogP contribution in [0.5, 0.6) is 0 Å². The van der Waals surface area contributed by atoms with Crippen LogP contribution < -0.4 is 5.32 Å². The second-order valence-corrected chi connectivity index (χ2v) is 2.39. The summed E-state index contributed by atoms with van der Waals surface area (Å²) in [5, 5.41) is 10.4. The van der Waals surface area contributed by atoms with Gasteiger partial charge in [0.05, 0.1) is 0 Å². The van der Waals surface area contributed by atoms with Gasteiger partial charge in [0.25, 0.3) is 0 Å². The van der Waals surface area contributed by atoms with Crippen molar-refractivity contribution in [1.82, 2.24) is 5.32 Å². The van der Waals surface area contributed by atoms with Crippen LogP contribution in [-0.4, -0.2) is 21.7 Å². The number of carboxylic acid groups (broad SMARTS) is 1. The van der Waals surface area contributed by atoms with Crippen LogP contribution in [0.15, 0.2) is 0 Å². The van der Waals surface area contributed by atoms with Crippen molar-refractivity contribution in [2.45, 2.75) is 13.0 Å². The van der Waals surface area contributed by atoms with Crippen molar-refractivity contribution < 1.29 is 9.90 Å². The Morgan fingerprint density at radius 3 is 2.62 bits per heavy atom. The van der Waals surface area contributed by atoms with Crippen molar-refractivity contribution in [1.29, 1.82) is 0 Å². The van der Waals surface area contributed by atoms with Gasteiger partial charge in [-0.25, -0.2) is 4.79 Å². The second-order valence-electron chi connectivity index (χ2n) is 1.50. The van der Waals surface area contributed by atoms with Gasteiger partial charge in [0.15, 0.2) is 0 Å². The minimum absolute atomic E-state index is 0.0631. The summed E-state index contributed by atoms with van der Waals surface area (Å²) in [7, 11) is 0. The molecule has 0 saturated heterocycles. The highest BCUT2D eigenvalue weighted by molar-refractivity contribution is 14.1. The Bertz CT molecular complexity index is 86.1. The molecule has 0 aromatic rings. The molecule has 48 valence electrons. The Morgan fingerprint density at radius 1 is 2.00 bits per heavy atom. The predicted molar refractivity (Wildman–Crippen MR) is 39.5 cm³/mol. The zero-order valence-electron chi connectivity index (χ0n) is 4.52. The molecule has 1 atom stereocenters. The summed E-state index contributed by atoms with van der Waals surface area (Å²) in [5.74, 6) is 0. The monoisotopic (exact) mass is 229 g/mol. The SMILES string of the molecule is C[C@@H](CI)NC(=O)O. The van der Waals surface area contributed by atoms with Crippen LogP contribution in [-0.2, 0) is 0 Å². The molecule has 0 aliphatic carbocycles. The molecule has 3 nitrogen and oxygen atoms in total. The first kappa shape index (κ1) is 8.00. The Hall–Kier alpha value is 0. The number of amides is 1. The Kier molecular flexibility index (Phi) is 3.94. The van der Waals surface area contributed by atoms with Crippen molar-refractivity contribution in [3.8, 4) is 0 Å². The third-order valence-electron chi connectivity index (χ3n) is 0.601. The molecule has 0 aromatic heterocycles. The molecule has 0 aliphatic rings. The van der Waals surface area contributed by atoms with Crippen molar-refractivity contribution >= 4 is 28.7 Å². The molecule has 0 spiro atoms. The maximum Gasteiger partial charge on any atom is 0.404 e. The molecule has 0 saturated carbocycles. The zero-order valence-corrected chi connectivity index (χ0v) is 6.68. The highest BCUT2D eigenvalue weighted by Gasteiger charge is 2.00. The van der Waals surface area contributed by atoms with E-state index in [1.54, 1.807) is 0 Å². The fraction of sp³-hybridized carbons (Fsp3) is 0.750. The van der Waals surface area contributed by atoms with Gasteiger partial charge in [0.1, 0.15) is 0 Å². The maximum atomic E-state index is 9.85. The van der Waals surface area contributed by atoms with Gasteiger partial charge in [0.2, 0.25) is 0 Å². The van der Waals surface area contributed by atoms with Crippen LogP contribution in [0.25, 0.3) is 0 Å². The zero-order chi connectivity index (χ0) is 6.57. The van der Waals surface area contributed by atoms with Crippen LogP contribution in [0.1, 0.15) is 6.92 Å². The molecule has 0 rings (SSSR count). The van der Waals surface area contributed by atoms with E-state index in [9.17, 15) is 4.79 Å². The van der Waals surface area contributed by atoms with Crippen molar-refractivity contribution in [3.63, 3.8) is 0 Å². The molecular weight excluding hydrogens is 221 g/mol. The molecule has 8 heavy (non-hydrogen) atoms. The van der Waals surface area contributed by atoms with Crippen LogP contribution >= 0.6 is 22.6 Å². The molecule has 2 N–H and O–H groups in total. The van der Waals surface area contributed by atoms with E-state index in [-0.39, 0.29) is 6.04 Å². The van der Waals surface area contributed by atoms with E-state index < -0.39 is 6.09 Å². The molecular formula is C4H8INO2. The van der Waals surface area contributed by atoms with Gasteiger partial charge in [-0.05, 0) is 6.92 Å². The van der Waals surface area contributed by atoms with E-state index in [2.05, 4.69) is 27.9 Å². The number of carbonyl (C=O) groups is 1. The molecule has 0 unspecified atom stereocenters. The first-order valence-corrected chi connectivity index (χ1v) is 3.74. The highest BCUT2D eigenvalue weighted by Crippen LogP contribution is 1.87. The third-order valence-corrected chi connectivity index (χ3v) is 1.92. The van der Waals surface area contributed by atoms with Crippen molar-refractivity contribution in [2.24, 2.45) is 0 Å². The standard InChI is InChI=1S/C4H8INO2/c1-3(2-5)6-4(7)8/h3,6H,2H2,1H3,(H,7,8)/t3-/m0/s1. The number of hydrogen-bond donors (Lipinski definition) is 2. The summed E-state index contributed by atoms with van der Waals surface area (Å²) in [6.45, 7) is 1.82. The van der Waals surface area contributed by atoms with Crippen LogP contribution in [0.4, 0.5) is 4.79 Å². The summed E-state index contributed by atoms with van der Waals surface area (Å²) in [5.41, 5.74) is 0. The molecule has 0 bridgehead atoms. The van der Waals surface area contributed by atoms with Crippen LogP contribution in [0.3, 0.4) is 0 Å². The quantitative estimate of drug-likeness (QED) is 0.549. The van der Waals surface area contributed by atoms with Gasteiger partial charge >= 0.3 is 6.09 Å². The van der Waals surface area contributed by atoms with E-state index in [1.807, 2.05) is 6.92 Å². The van der Waals surface area contributed by atoms with E-state index in [1.165, 1.54) is 0 Å². The maximum absolute atomic E-state index is 9.85. The lowest BCUT2D eigenvalue weighted by molar-refractivity contribution is 0.192. The minimum Gasteiger partial charge on any atom is -0.465 e. The number of hydrogen-bond acceptors (Lipinski definition) is 1. The van der Waals surface area contributed by atoms with E-state index >= 15 is 0 Å². The van der Waals surface area contributed by atoms with E-state index in [0.717, 1.165) is 4.43 Å². The number of nitrogens with one attached hydrogen (secondary N) is 1. The lowest BCUT2D eigenvalue weighted by Crippen LogP contribution is -2.31. The average molecular weight is 229 g/mol. The molecule has 1 amide bonds. The fourth-order valence-corrected chi connectivity index (χ4v) is 0.470. The second kappa shape index (κ2) is 3.94. The Balaban J connectivity index is 3.24. The molecule has 0 aromatic carbocycles. The van der Waals surface area contributed by atoms with Crippen LogP contribution in [0, 0.1) is 0 Å². The minimum atomic E-state index is -0.950. The van der Waals surface area contributed by atoms with Gasteiger partial charge in [0, 0.05) is 10.5 Å². The molecule has 4 heteroatoms. The lowest BCUT2D eigenvalue weighted by Gasteiger charge is -2.04. The van der Waals surface area contributed by atoms with E-state index in [4.69, 9.17) is 5.11 Å². The number of alkyl halides is 1. The topological polar surface area (TPSA) is 49.3 Å². The first-order chi connectivity index (χ1) is 3.66. The summed E-state index contributed by atoms with van der Waals surface area (Å²) in [6.07, 6.45) is -0.950. The highest BCUT2D eigenvalue weighted by atomic mass is 127. The fourth-order valence-electron chi connectivity index (χ4n) is 0.249. The smallest absolute Gasteiger partial charge is 0.404 e. The summed E-state index contributed by atoms with van der Waals surface area (Å²) < 4.78 is 0.810. The van der Waals surface area contributed by atoms with Gasteiger partial charge in [-0.1, -0.05) is 22.6 Å². The molecule has 0 fully saturated rings. The summed E-state index contributed by atoms with van der Waals surface area (Å²) in [4.78, 5) is 9.85. The molecule has 0 heterocycles. The summed E-state index contributed by atoms with van der Waals surface area (Å²) in [6, 6.07) is 0.0631. The molecule has 0 aliphatic heterocycles. The Morgan fingerprint density at radius 2 is 2.50 bits per heavy atom. The molecule has 0 radical (unpaired) electrons. The number of rotatable bonds is 2. The van der Waals surface area contributed by atoms with Gasteiger partial charge in [-0.2, -0.15) is 0 Å². The average Bonchev–Trinajstić information content (AvgIpc) is 1.65. The summed E-state index contributed by atoms with van der Waals surface area (Å²) >= 11 is 2.12. The van der Waals surface area contributed by atoms with Gasteiger partial charge in [-0.3, -0.25) is 0 Å². The Labute approximate surface area is 61.6 Å².